The van der Waals surface area contributed by atoms with Gasteiger partial charge in [-0.1, -0.05) is 18.1 Å². The molecule has 3 aromatic rings. The lowest BCUT2D eigenvalue weighted by atomic mass is 10.1. The fourth-order valence-electron chi connectivity index (χ4n) is 2.17. The minimum atomic E-state index is 0.537. The summed E-state index contributed by atoms with van der Waals surface area (Å²) in [6.45, 7) is 2.36. The highest BCUT2D eigenvalue weighted by atomic mass is 15.1. The number of rotatable bonds is 3. The Morgan fingerprint density at radius 2 is 1.95 bits per heavy atom. The van der Waals surface area contributed by atoms with Crippen LogP contribution in [0, 0.1) is 11.8 Å². The Bertz CT molecular complexity index is 858. The fourth-order valence-corrected chi connectivity index (χ4v) is 2.17. The van der Waals surface area contributed by atoms with Gasteiger partial charge in [-0.3, -0.25) is 0 Å². The number of anilines is 2. The molecule has 0 amide bonds. The van der Waals surface area contributed by atoms with Gasteiger partial charge in [-0.25, -0.2) is 9.97 Å². The molecule has 0 aliphatic heterocycles. The Labute approximate surface area is 129 Å². The molecular formula is C18H16N4. The molecule has 0 saturated heterocycles. The van der Waals surface area contributed by atoms with Gasteiger partial charge in [0.15, 0.2) is 0 Å². The van der Waals surface area contributed by atoms with E-state index in [9.17, 15) is 0 Å². The second kappa shape index (κ2) is 6.25. The third kappa shape index (κ3) is 3.05. The minimum Gasteiger partial charge on any atom is -0.326 e. The summed E-state index contributed by atoms with van der Waals surface area (Å²) in [5.41, 5.74) is 9.48. The van der Waals surface area contributed by atoms with E-state index >= 15 is 0 Å². The highest BCUT2D eigenvalue weighted by Gasteiger charge is 2.02. The Kier molecular flexibility index (Phi) is 3.99. The number of hydrogen-bond donors (Lipinski definition) is 2. The number of fused-ring (bicyclic) bond motifs is 1. The van der Waals surface area contributed by atoms with Crippen LogP contribution in [-0.4, -0.2) is 9.97 Å². The average molecular weight is 288 g/mol. The molecule has 1 aromatic heterocycles. The van der Waals surface area contributed by atoms with Gasteiger partial charge in [-0.15, -0.1) is 5.92 Å². The molecule has 0 bridgehead atoms. The second-order valence-corrected chi connectivity index (χ2v) is 4.87. The summed E-state index contributed by atoms with van der Waals surface area (Å²) in [4.78, 5) is 8.87. The SMILES string of the molecule is CC#Cc1ccc2nc(Nc3ccc(CN)cc3)ncc2c1. The first-order chi connectivity index (χ1) is 10.8. The number of hydrogen-bond acceptors (Lipinski definition) is 4. The van der Waals surface area contributed by atoms with E-state index in [1.54, 1.807) is 6.20 Å². The summed E-state index contributed by atoms with van der Waals surface area (Å²) in [6, 6.07) is 13.8. The van der Waals surface area contributed by atoms with Crippen LogP contribution in [0.25, 0.3) is 10.9 Å². The molecule has 0 aliphatic rings. The number of nitrogens with two attached hydrogens (primary N) is 1. The topological polar surface area (TPSA) is 63.8 Å². The van der Waals surface area contributed by atoms with Crippen molar-refractivity contribution in [2.75, 3.05) is 5.32 Å². The Morgan fingerprint density at radius 1 is 1.14 bits per heavy atom. The average Bonchev–Trinajstić information content (AvgIpc) is 2.56. The lowest BCUT2D eigenvalue weighted by Gasteiger charge is -2.06. The van der Waals surface area contributed by atoms with Crippen molar-refractivity contribution >= 4 is 22.5 Å². The van der Waals surface area contributed by atoms with Crippen molar-refractivity contribution in [1.82, 2.24) is 9.97 Å². The molecule has 22 heavy (non-hydrogen) atoms. The van der Waals surface area contributed by atoms with Gasteiger partial charge in [-0.05, 0) is 42.8 Å². The summed E-state index contributed by atoms with van der Waals surface area (Å²) < 4.78 is 0. The van der Waals surface area contributed by atoms with Crippen LogP contribution < -0.4 is 11.1 Å². The van der Waals surface area contributed by atoms with E-state index < -0.39 is 0 Å². The lowest BCUT2D eigenvalue weighted by molar-refractivity contribution is 1.07. The summed E-state index contributed by atoms with van der Waals surface area (Å²) in [5, 5.41) is 4.17. The van der Waals surface area contributed by atoms with E-state index in [-0.39, 0.29) is 0 Å². The van der Waals surface area contributed by atoms with Gasteiger partial charge >= 0.3 is 0 Å². The first kappa shape index (κ1) is 14.1. The van der Waals surface area contributed by atoms with Crippen molar-refractivity contribution in [3.8, 4) is 11.8 Å². The zero-order valence-corrected chi connectivity index (χ0v) is 12.3. The normalized spacial score (nSPS) is 10.1. The van der Waals surface area contributed by atoms with Crippen molar-refractivity contribution in [3.63, 3.8) is 0 Å². The molecule has 3 rings (SSSR count). The van der Waals surface area contributed by atoms with Gasteiger partial charge < -0.3 is 11.1 Å². The molecular weight excluding hydrogens is 272 g/mol. The van der Waals surface area contributed by atoms with E-state index in [0.717, 1.165) is 27.7 Å². The summed E-state index contributed by atoms with van der Waals surface area (Å²) in [7, 11) is 0. The lowest BCUT2D eigenvalue weighted by Crippen LogP contribution is -1.99. The highest BCUT2D eigenvalue weighted by molar-refractivity contribution is 5.80. The van der Waals surface area contributed by atoms with Crippen LogP contribution in [0.1, 0.15) is 18.1 Å². The maximum Gasteiger partial charge on any atom is 0.227 e. The van der Waals surface area contributed by atoms with Gasteiger partial charge in [0.2, 0.25) is 5.95 Å². The zero-order chi connectivity index (χ0) is 15.4. The molecule has 0 aliphatic carbocycles. The molecule has 1 heterocycles. The molecule has 3 N–H and O–H groups in total. The van der Waals surface area contributed by atoms with Gasteiger partial charge in [-0.2, -0.15) is 0 Å². The smallest absolute Gasteiger partial charge is 0.227 e. The molecule has 0 atom stereocenters. The molecule has 0 radical (unpaired) electrons. The van der Waals surface area contributed by atoms with Crippen LogP contribution in [0.15, 0.2) is 48.7 Å². The summed E-state index contributed by atoms with van der Waals surface area (Å²) in [5.74, 6) is 6.50. The Balaban J connectivity index is 1.87. The van der Waals surface area contributed by atoms with Crippen molar-refractivity contribution in [1.29, 1.82) is 0 Å². The largest absolute Gasteiger partial charge is 0.326 e. The van der Waals surface area contributed by atoms with Crippen molar-refractivity contribution in [2.24, 2.45) is 5.73 Å². The Hall–Kier alpha value is -2.90. The van der Waals surface area contributed by atoms with E-state index in [2.05, 4.69) is 27.1 Å². The summed E-state index contributed by atoms with van der Waals surface area (Å²) >= 11 is 0. The third-order valence-corrected chi connectivity index (χ3v) is 3.29. The van der Waals surface area contributed by atoms with Crippen LogP contribution in [0.4, 0.5) is 11.6 Å². The molecule has 108 valence electrons. The van der Waals surface area contributed by atoms with Gasteiger partial charge in [0.1, 0.15) is 0 Å². The van der Waals surface area contributed by atoms with E-state index in [1.807, 2.05) is 49.4 Å². The zero-order valence-electron chi connectivity index (χ0n) is 12.3. The summed E-state index contributed by atoms with van der Waals surface area (Å²) in [6.07, 6.45) is 1.81. The molecule has 4 nitrogen and oxygen atoms in total. The molecule has 0 fully saturated rings. The quantitative estimate of drug-likeness (QED) is 0.726. The maximum atomic E-state index is 5.59. The molecule has 2 aromatic carbocycles. The standard InChI is InChI=1S/C18H16N4/c1-2-3-13-6-9-17-15(10-13)12-20-18(22-17)21-16-7-4-14(11-19)5-8-16/h4-10,12H,11,19H2,1H3,(H,20,21,22). The van der Waals surface area contributed by atoms with Crippen LogP contribution in [0.3, 0.4) is 0 Å². The number of benzene rings is 2. The van der Waals surface area contributed by atoms with Crippen molar-refractivity contribution in [3.05, 3.63) is 59.8 Å². The number of aromatic nitrogens is 2. The maximum absolute atomic E-state index is 5.59. The van der Waals surface area contributed by atoms with Gasteiger partial charge in [0, 0.05) is 29.4 Å². The molecule has 0 unspecified atom stereocenters. The van der Waals surface area contributed by atoms with Crippen molar-refractivity contribution < 1.29 is 0 Å². The van der Waals surface area contributed by atoms with Crippen LogP contribution in [0.5, 0.6) is 0 Å². The monoisotopic (exact) mass is 288 g/mol. The van der Waals surface area contributed by atoms with Crippen molar-refractivity contribution in [2.45, 2.75) is 13.5 Å². The van der Waals surface area contributed by atoms with Gasteiger partial charge in [0.05, 0.1) is 5.52 Å². The van der Waals surface area contributed by atoms with E-state index in [1.165, 1.54) is 0 Å². The predicted octanol–water partition coefficient (Wildman–Crippen LogP) is 3.20. The first-order valence-electron chi connectivity index (χ1n) is 7.04. The number of nitrogens with zero attached hydrogens (tertiary/aromatic N) is 2. The predicted molar refractivity (Wildman–Crippen MR) is 89.7 cm³/mol. The molecule has 4 heteroatoms. The highest BCUT2D eigenvalue weighted by Crippen LogP contribution is 2.18. The van der Waals surface area contributed by atoms with Gasteiger partial charge in [0.25, 0.3) is 0 Å². The Morgan fingerprint density at radius 3 is 2.68 bits per heavy atom. The molecule has 0 saturated carbocycles. The molecule has 0 spiro atoms. The van der Waals surface area contributed by atoms with Crippen LogP contribution >= 0.6 is 0 Å². The first-order valence-corrected chi connectivity index (χ1v) is 7.04. The fraction of sp³-hybridized carbons (Fsp3) is 0.111. The number of nitrogens with one attached hydrogen (secondary N) is 1. The third-order valence-electron chi connectivity index (χ3n) is 3.29. The van der Waals surface area contributed by atoms with E-state index in [0.29, 0.717) is 12.5 Å². The van der Waals surface area contributed by atoms with E-state index in [4.69, 9.17) is 5.73 Å². The second-order valence-electron chi connectivity index (χ2n) is 4.87. The van der Waals surface area contributed by atoms with Crippen LogP contribution in [-0.2, 0) is 6.54 Å². The minimum absolute atomic E-state index is 0.537. The van der Waals surface area contributed by atoms with Crippen LogP contribution in [0.2, 0.25) is 0 Å².